The number of nitrogens with zero attached hydrogens (tertiary/aromatic N) is 3. The molecule has 3 rings (SSSR count). The lowest BCUT2D eigenvalue weighted by Crippen LogP contribution is -2.41. The number of aromatic nitrogens is 2. The molecule has 3 heterocycles. The molecule has 0 spiro atoms. The molecule has 0 radical (unpaired) electrons. The summed E-state index contributed by atoms with van der Waals surface area (Å²) < 4.78 is 7.45. The van der Waals surface area contributed by atoms with E-state index in [0.717, 1.165) is 35.6 Å². The van der Waals surface area contributed by atoms with Crippen LogP contribution in [0.4, 0.5) is 5.82 Å². The summed E-state index contributed by atoms with van der Waals surface area (Å²) in [6.45, 7) is 4.22. The van der Waals surface area contributed by atoms with Gasteiger partial charge in [-0.25, -0.2) is 9.78 Å². The average Bonchev–Trinajstić information content (AvgIpc) is 2.96. The second-order valence-corrected chi connectivity index (χ2v) is 5.55. The molecule has 2 aromatic rings. The van der Waals surface area contributed by atoms with Gasteiger partial charge in [-0.2, -0.15) is 0 Å². The van der Waals surface area contributed by atoms with Crippen LogP contribution >= 0.6 is 11.3 Å². The zero-order chi connectivity index (χ0) is 14.1. The van der Waals surface area contributed by atoms with E-state index in [1.807, 2.05) is 22.9 Å². The quantitative estimate of drug-likeness (QED) is 0.873. The SMILES string of the molecule is CC1CN(c2nc3sccn3c2/C=C/C(=O)O)CCO1. The van der Waals surface area contributed by atoms with Gasteiger partial charge in [0.25, 0.3) is 0 Å². The van der Waals surface area contributed by atoms with Crippen molar-refractivity contribution < 1.29 is 14.6 Å². The zero-order valence-electron chi connectivity index (χ0n) is 11.0. The van der Waals surface area contributed by atoms with Crippen molar-refractivity contribution in [2.75, 3.05) is 24.6 Å². The number of morpholine rings is 1. The number of fused-ring (bicyclic) bond motifs is 1. The number of hydrogen-bond acceptors (Lipinski definition) is 5. The number of carboxylic acid groups (broad SMARTS) is 1. The van der Waals surface area contributed by atoms with E-state index in [1.165, 1.54) is 11.3 Å². The third-order valence-electron chi connectivity index (χ3n) is 3.20. The fourth-order valence-electron chi connectivity index (χ4n) is 2.34. The molecule has 1 fully saturated rings. The first-order valence-electron chi connectivity index (χ1n) is 6.38. The number of anilines is 1. The first kappa shape index (κ1) is 13.1. The molecule has 1 unspecified atom stereocenters. The fourth-order valence-corrected chi connectivity index (χ4v) is 3.06. The summed E-state index contributed by atoms with van der Waals surface area (Å²) in [5.41, 5.74) is 0.803. The Bertz CT molecular complexity index is 661. The van der Waals surface area contributed by atoms with Crippen LogP contribution in [0.5, 0.6) is 0 Å². The van der Waals surface area contributed by atoms with Gasteiger partial charge in [0.2, 0.25) is 0 Å². The van der Waals surface area contributed by atoms with Crippen molar-refractivity contribution in [1.29, 1.82) is 0 Å². The van der Waals surface area contributed by atoms with Crippen molar-refractivity contribution in [3.63, 3.8) is 0 Å². The molecule has 6 nitrogen and oxygen atoms in total. The normalized spacial score (nSPS) is 20.1. The summed E-state index contributed by atoms with van der Waals surface area (Å²) in [7, 11) is 0. The Labute approximate surface area is 119 Å². The minimum atomic E-state index is -0.962. The highest BCUT2D eigenvalue weighted by atomic mass is 32.1. The first-order valence-corrected chi connectivity index (χ1v) is 7.26. The van der Waals surface area contributed by atoms with Crippen LogP contribution in [0.1, 0.15) is 12.6 Å². The number of rotatable bonds is 3. The van der Waals surface area contributed by atoms with Crippen LogP contribution in [-0.4, -0.2) is 46.3 Å². The molecule has 0 aromatic carbocycles. The average molecular weight is 293 g/mol. The predicted octanol–water partition coefficient (Wildman–Crippen LogP) is 1.72. The summed E-state index contributed by atoms with van der Waals surface area (Å²) >= 11 is 1.53. The van der Waals surface area contributed by atoms with Crippen LogP contribution in [0.3, 0.4) is 0 Å². The van der Waals surface area contributed by atoms with Crippen molar-refractivity contribution in [3.8, 4) is 0 Å². The van der Waals surface area contributed by atoms with Gasteiger partial charge in [-0.3, -0.25) is 4.40 Å². The van der Waals surface area contributed by atoms with Crippen molar-refractivity contribution in [1.82, 2.24) is 9.38 Å². The van der Waals surface area contributed by atoms with Crippen LogP contribution in [0.15, 0.2) is 17.7 Å². The minimum Gasteiger partial charge on any atom is -0.478 e. The number of hydrogen-bond donors (Lipinski definition) is 1. The maximum Gasteiger partial charge on any atom is 0.328 e. The van der Waals surface area contributed by atoms with Gasteiger partial charge < -0.3 is 14.7 Å². The van der Waals surface area contributed by atoms with E-state index in [1.54, 1.807) is 6.08 Å². The molecule has 1 atom stereocenters. The lowest BCUT2D eigenvalue weighted by atomic mass is 10.2. The number of imidazole rings is 1. The van der Waals surface area contributed by atoms with Gasteiger partial charge in [0.15, 0.2) is 10.8 Å². The molecule has 1 N–H and O–H groups in total. The predicted molar refractivity (Wildman–Crippen MR) is 77.4 cm³/mol. The molecule has 1 aliphatic rings. The van der Waals surface area contributed by atoms with E-state index in [9.17, 15) is 4.79 Å². The molecule has 0 saturated carbocycles. The smallest absolute Gasteiger partial charge is 0.328 e. The zero-order valence-corrected chi connectivity index (χ0v) is 11.8. The number of thiazole rings is 1. The van der Waals surface area contributed by atoms with E-state index in [0.29, 0.717) is 6.61 Å². The minimum absolute atomic E-state index is 0.153. The van der Waals surface area contributed by atoms with Crippen LogP contribution in [0, 0.1) is 0 Å². The molecular weight excluding hydrogens is 278 g/mol. The summed E-state index contributed by atoms with van der Waals surface area (Å²) in [6, 6.07) is 0. The Morgan fingerprint density at radius 3 is 3.25 bits per heavy atom. The molecule has 0 bridgehead atoms. The van der Waals surface area contributed by atoms with Gasteiger partial charge >= 0.3 is 5.97 Å². The molecule has 1 aliphatic heterocycles. The molecule has 0 aliphatic carbocycles. The highest BCUT2D eigenvalue weighted by molar-refractivity contribution is 7.15. The Kier molecular flexibility index (Phi) is 3.45. The highest BCUT2D eigenvalue weighted by Gasteiger charge is 2.22. The fraction of sp³-hybridized carbons (Fsp3) is 0.385. The van der Waals surface area contributed by atoms with Crippen LogP contribution in [-0.2, 0) is 9.53 Å². The van der Waals surface area contributed by atoms with E-state index in [2.05, 4.69) is 9.88 Å². The number of carboxylic acids is 1. The van der Waals surface area contributed by atoms with Gasteiger partial charge in [0, 0.05) is 30.7 Å². The molecular formula is C13H15N3O3S. The maximum absolute atomic E-state index is 10.8. The van der Waals surface area contributed by atoms with Crippen molar-refractivity contribution in [3.05, 3.63) is 23.3 Å². The monoisotopic (exact) mass is 293 g/mol. The van der Waals surface area contributed by atoms with Crippen molar-refractivity contribution >= 4 is 34.2 Å². The van der Waals surface area contributed by atoms with Gasteiger partial charge in [0.1, 0.15) is 0 Å². The van der Waals surface area contributed by atoms with E-state index in [-0.39, 0.29) is 6.10 Å². The molecule has 0 amide bonds. The Morgan fingerprint density at radius 2 is 2.50 bits per heavy atom. The maximum atomic E-state index is 10.8. The third kappa shape index (κ3) is 2.41. The molecule has 2 aromatic heterocycles. The molecule has 20 heavy (non-hydrogen) atoms. The van der Waals surface area contributed by atoms with Crippen LogP contribution in [0.25, 0.3) is 11.0 Å². The highest BCUT2D eigenvalue weighted by Crippen LogP contribution is 2.27. The van der Waals surface area contributed by atoms with Crippen molar-refractivity contribution in [2.45, 2.75) is 13.0 Å². The number of aliphatic carboxylic acids is 1. The third-order valence-corrected chi connectivity index (χ3v) is 3.96. The lowest BCUT2D eigenvalue weighted by molar-refractivity contribution is -0.131. The van der Waals surface area contributed by atoms with Gasteiger partial charge in [-0.15, -0.1) is 11.3 Å². The van der Waals surface area contributed by atoms with E-state index >= 15 is 0 Å². The standard InChI is InChI=1S/C13H15N3O3S/c1-9-8-15(4-6-19-9)12-10(2-3-11(17)18)16-5-7-20-13(16)14-12/h2-3,5,7,9H,4,6,8H2,1H3,(H,17,18)/b3-2+. The van der Waals surface area contributed by atoms with Crippen LogP contribution in [0.2, 0.25) is 0 Å². The van der Waals surface area contributed by atoms with Gasteiger partial charge in [0.05, 0.1) is 18.4 Å². The Balaban J connectivity index is 2.02. The van der Waals surface area contributed by atoms with Crippen LogP contribution < -0.4 is 4.90 Å². The van der Waals surface area contributed by atoms with Crippen molar-refractivity contribution in [2.24, 2.45) is 0 Å². The second-order valence-electron chi connectivity index (χ2n) is 4.68. The van der Waals surface area contributed by atoms with E-state index in [4.69, 9.17) is 9.84 Å². The summed E-state index contributed by atoms with van der Waals surface area (Å²) in [6.07, 6.45) is 4.81. The lowest BCUT2D eigenvalue weighted by Gasteiger charge is -2.31. The summed E-state index contributed by atoms with van der Waals surface area (Å²) in [4.78, 5) is 18.4. The largest absolute Gasteiger partial charge is 0.478 e. The second kappa shape index (κ2) is 5.26. The summed E-state index contributed by atoms with van der Waals surface area (Å²) in [5, 5.41) is 10.8. The first-order chi connectivity index (χ1) is 9.65. The van der Waals surface area contributed by atoms with E-state index < -0.39 is 5.97 Å². The molecule has 1 saturated heterocycles. The molecule has 7 heteroatoms. The molecule has 106 valence electrons. The Hall–Kier alpha value is -1.86. The van der Waals surface area contributed by atoms with Gasteiger partial charge in [-0.1, -0.05) is 0 Å². The topological polar surface area (TPSA) is 67.1 Å². The summed E-state index contributed by atoms with van der Waals surface area (Å²) in [5.74, 6) is -0.138. The number of carbonyl (C=O) groups is 1. The number of ether oxygens (including phenoxy) is 1. The Morgan fingerprint density at radius 1 is 1.65 bits per heavy atom. The van der Waals surface area contributed by atoms with Gasteiger partial charge in [-0.05, 0) is 13.0 Å².